The molecular formula is C15H14Cl2N2O. The number of nitrogens with zero attached hydrogens (tertiary/aromatic N) is 1. The Labute approximate surface area is 127 Å². The summed E-state index contributed by atoms with van der Waals surface area (Å²) in [6.45, 7) is 3.74. The van der Waals surface area contributed by atoms with Crippen LogP contribution in [0.25, 0.3) is 0 Å². The standard InChI is InChI=1S/C15H14Cl2N2O/c1-9-3-4-11(8-18-9)15(20)19-10(2)13-6-5-12(16)7-14(13)17/h3-8,10H,1-2H3,(H,19,20)/t10-/m0/s1. The lowest BCUT2D eigenvalue weighted by atomic mass is 10.1. The molecule has 0 radical (unpaired) electrons. The monoisotopic (exact) mass is 308 g/mol. The molecule has 1 amide bonds. The molecule has 1 N–H and O–H groups in total. The largest absolute Gasteiger partial charge is 0.345 e. The Hall–Kier alpha value is -1.58. The fraction of sp³-hybridized carbons (Fsp3) is 0.200. The van der Waals surface area contributed by atoms with E-state index < -0.39 is 0 Å². The summed E-state index contributed by atoms with van der Waals surface area (Å²) in [6.07, 6.45) is 1.56. The fourth-order valence-corrected chi connectivity index (χ4v) is 2.38. The second-order valence-electron chi connectivity index (χ2n) is 4.55. The molecular weight excluding hydrogens is 295 g/mol. The van der Waals surface area contributed by atoms with Gasteiger partial charge in [-0.15, -0.1) is 0 Å². The van der Waals surface area contributed by atoms with E-state index >= 15 is 0 Å². The highest BCUT2D eigenvalue weighted by Crippen LogP contribution is 2.26. The number of hydrogen-bond acceptors (Lipinski definition) is 2. The highest BCUT2D eigenvalue weighted by atomic mass is 35.5. The van der Waals surface area contributed by atoms with Gasteiger partial charge < -0.3 is 5.32 Å². The molecule has 2 aromatic rings. The third-order valence-corrected chi connectivity index (χ3v) is 3.51. The van der Waals surface area contributed by atoms with Crippen molar-refractivity contribution >= 4 is 29.1 Å². The summed E-state index contributed by atoms with van der Waals surface area (Å²) in [6, 6.07) is 8.55. The van der Waals surface area contributed by atoms with Gasteiger partial charge in [0.1, 0.15) is 0 Å². The first-order valence-electron chi connectivity index (χ1n) is 6.16. The van der Waals surface area contributed by atoms with E-state index in [9.17, 15) is 4.79 Å². The van der Waals surface area contributed by atoms with Gasteiger partial charge in [-0.2, -0.15) is 0 Å². The average Bonchev–Trinajstić information content (AvgIpc) is 2.39. The van der Waals surface area contributed by atoms with E-state index in [1.54, 1.807) is 30.5 Å². The van der Waals surface area contributed by atoms with Gasteiger partial charge in [-0.25, -0.2) is 0 Å². The van der Waals surface area contributed by atoms with Gasteiger partial charge in [0.2, 0.25) is 0 Å². The maximum Gasteiger partial charge on any atom is 0.253 e. The smallest absolute Gasteiger partial charge is 0.253 e. The molecule has 0 unspecified atom stereocenters. The van der Waals surface area contributed by atoms with E-state index in [0.29, 0.717) is 15.6 Å². The van der Waals surface area contributed by atoms with Gasteiger partial charge in [0.25, 0.3) is 5.91 Å². The molecule has 1 aromatic carbocycles. The molecule has 1 aromatic heterocycles. The van der Waals surface area contributed by atoms with Crippen LogP contribution in [0, 0.1) is 6.92 Å². The van der Waals surface area contributed by atoms with Crippen molar-refractivity contribution in [1.82, 2.24) is 10.3 Å². The third-order valence-electron chi connectivity index (χ3n) is 2.95. The molecule has 2 rings (SSSR count). The molecule has 5 heteroatoms. The third kappa shape index (κ3) is 3.50. The van der Waals surface area contributed by atoms with Crippen LogP contribution in [-0.2, 0) is 0 Å². The average molecular weight is 309 g/mol. The first-order chi connectivity index (χ1) is 9.47. The first kappa shape index (κ1) is 14.8. The number of rotatable bonds is 3. The number of nitrogens with one attached hydrogen (secondary N) is 1. The molecule has 0 bridgehead atoms. The SMILES string of the molecule is Cc1ccc(C(=O)N[C@@H](C)c2ccc(Cl)cc2Cl)cn1. The van der Waals surface area contributed by atoms with Gasteiger partial charge in [-0.05, 0) is 43.7 Å². The predicted molar refractivity (Wildman–Crippen MR) is 81.3 cm³/mol. The minimum absolute atomic E-state index is 0.184. The molecule has 0 saturated carbocycles. The highest BCUT2D eigenvalue weighted by Gasteiger charge is 2.14. The first-order valence-corrected chi connectivity index (χ1v) is 6.91. The Bertz CT molecular complexity index is 626. The maximum atomic E-state index is 12.1. The van der Waals surface area contributed by atoms with Gasteiger partial charge in [-0.1, -0.05) is 29.3 Å². The lowest BCUT2D eigenvalue weighted by Gasteiger charge is -2.16. The Balaban J connectivity index is 2.12. The van der Waals surface area contributed by atoms with Crippen LogP contribution in [0.4, 0.5) is 0 Å². The van der Waals surface area contributed by atoms with Crippen LogP contribution < -0.4 is 5.32 Å². The van der Waals surface area contributed by atoms with Crippen LogP contribution in [0.1, 0.15) is 34.6 Å². The number of amides is 1. The van der Waals surface area contributed by atoms with Crippen LogP contribution in [0.5, 0.6) is 0 Å². The van der Waals surface area contributed by atoms with E-state index in [1.165, 1.54) is 0 Å². The summed E-state index contributed by atoms with van der Waals surface area (Å²) in [4.78, 5) is 16.2. The van der Waals surface area contributed by atoms with Gasteiger partial charge in [0, 0.05) is 21.9 Å². The molecule has 20 heavy (non-hydrogen) atoms. The molecule has 0 aliphatic rings. The van der Waals surface area contributed by atoms with Crippen LogP contribution >= 0.6 is 23.2 Å². The molecule has 104 valence electrons. The van der Waals surface area contributed by atoms with Crippen LogP contribution in [0.2, 0.25) is 10.0 Å². The molecule has 0 aliphatic heterocycles. The van der Waals surface area contributed by atoms with Gasteiger partial charge in [-0.3, -0.25) is 9.78 Å². The van der Waals surface area contributed by atoms with Gasteiger partial charge in [0.15, 0.2) is 0 Å². The Morgan fingerprint density at radius 2 is 2.00 bits per heavy atom. The van der Waals surface area contributed by atoms with Crippen LogP contribution in [0.15, 0.2) is 36.5 Å². The lowest BCUT2D eigenvalue weighted by molar-refractivity contribution is 0.0939. The molecule has 1 heterocycles. The summed E-state index contributed by atoms with van der Waals surface area (Å²) in [5.74, 6) is -0.184. The van der Waals surface area contributed by atoms with E-state index in [-0.39, 0.29) is 11.9 Å². The maximum absolute atomic E-state index is 12.1. The molecule has 0 spiro atoms. The number of benzene rings is 1. The zero-order valence-corrected chi connectivity index (χ0v) is 12.7. The van der Waals surface area contributed by atoms with E-state index in [0.717, 1.165) is 11.3 Å². The number of carbonyl (C=O) groups excluding carboxylic acids is 1. The van der Waals surface area contributed by atoms with Crippen molar-refractivity contribution in [3.63, 3.8) is 0 Å². The van der Waals surface area contributed by atoms with E-state index in [2.05, 4.69) is 10.3 Å². The molecule has 1 atom stereocenters. The summed E-state index contributed by atoms with van der Waals surface area (Å²) in [5.41, 5.74) is 2.22. The number of carbonyl (C=O) groups is 1. The molecule has 0 aliphatic carbocycles. The number of halogens is 2. The summed E-state index contributed by atoms with van der Waals surface area (Å²) in [5, 5.41) is 3.99. The lowest BCUT2D eigenvalue weighted by Crippen LogP contribution is -2.26. The summed E-state index contributed by atoms with van der Waals surface area (Å²) in [7, 11) is 0. The van der Waals surface area contributed by atoms with Crippen molar-refractivity contribution in [2.24, 2.45) is 0 Å². The quantitative estimate of drug-likeness (QED) is 0.924. The Morgan fingerprint density at radius 3 is 2.60 bits per heavy atom. The number of pyridine rings is 1. The minimum Gasteiger partial charge on any atom is -0.345 e. The fourth-order valence-electron chi connectivity index (χ4n) is 1.81. The summed E-state index contributed by atoms with van der Waals surface area (Å²) >= 11 is 12.0. The Morgan fingerprint density at radius 1 is 1.25 bits per heavy atom. The van der Waals surface area contributed by atoms with Crippen molar-refractivity contribution < 1.29 is 4.79 Å². The van der Waals surface area contributed by atoms with Crippen molar-refractivity contribution in [1.29, 1.82) is 0 Å². The van der Waals surface area contributed by atoms with Crippen LogP contribution in [0.3, 0.4) is 0 Å². The normalized spacial score (nSPS) is 12.0. The van der Waals surface area contributed by atoms with Crippen molar-refractivity contribution in [3.8, 4) is 0 Å². The number of aromatic nitrogens is 1. The summed E-state index contributed by atoms with van der Waals surface area (Å²) < 4.78 is 0. The van der Waals surface area contributed by atoms with Crippen molar-refractivity contribution in [2.75, 3.05) is 0 Å². The van der Waals surface area contributed by atoms with Crippen molar-refractivity contribution in [3.05, 3.63) is 63.4 Å². The number of hydrogen-bond donors (Lipinski definition) is 1. The van der Waals surface area contributed by atoms with Gasteiger partial charge >= 0.3 is 0 Å². The molecule has 0 fully saturated rings. The molecule has 3 nitrogen and oxygen atoms in total. The van der Waals surface area contributed by atoms with Gasteiger partial charge in [0.05, 0.1) is 11.6 Å². The predicted octanol–water partition coefficient (Wildman–Crippen LogP) is 4.19. The minimum atomic E-state index is -0.214. The van der Waals surface area contributed by atoms with Crippen molar-refractivity contribution in [2.45, 2.75) is 19.9 Å². The Kier molecular flexibility index (Phi) is 4.63. The topological polar surface area (TPSA) is 42.0 Å². The van der Waals surface area contributed by atoms with E-state index in [1.807, 2.05) is 19.9 Å². The van der Waals surface area contributed by atoms with Crippen LogP contribution in [-0.4, -0.2) is 10.9 Å². The zero-order valence-electron chi connectivity index (χ0n) is 11.2. The second kappa shape index (κ2) is 6.25. The highest BCUT2D eigenvalue weighted by molar-refractivity contribution is 6.35. The second-order valence-corrected chi connectivity index (χ2v) is 5.39. The number of aryl methyl sites for hydroxylation is 1. The zero-order chi connectivity index (χ0) is 14.7. The van der Waals surface area contributed by atoms with E-state index in [4.69, 9.17) is 23.2 Å². The molecule has 0 saturated heterocycles.